The summed E-state index contributed by atoms with van der Waals surface area (Å²) in [6.07, 6.45) is 0.344. The van der Waals surface area contributed by atoms with Crippen LogP contribution in [0.15, 0.2) is 16.7 Å². The van der Waals surface area contributed by atoms with Gasteiger partial charge in [-0.25, -0.2) is 19.5 Å². The fourth-order valence-electron chi connectivity index (χ4n) is 1.78. The maximum atomic E-state index is 12.4. The van der Waals surface area contributed by atoms with Crippen LogP contribution in [-0.4, -0.2) is 39.8 Å². The van der Waals surface area contributed by atoms with Crippen LogP contribution in [0.3, 0.4) is 0 Å². The first-order valence-electron chi connectivity index (χ1n) is 7.82. The van der Waals surface area contributed by atoms with E-state index >= 15 is 0 Å². The van der Waals surface area contributed by atoms with Crippen LogP contribution in [0.2, 0.25) is 5.15 Å². The van der Waals surface area contributed by atoms with Crippen LogP contribution in [0, 0.1) is 0 Å². The average molecular weight is 436 g/mol. The van der Waals surface area contributed by atoms with Crippen LogP contribution in [0.1, 0.15) is 47.1 Å². The Hall–Kier alpha value is -1.34. The van der Waals surface area contributed by atoms with Crippen molar-refractivity contribution in [1.29, 1.82) is 0 Å². The maximum Gasteiger partial charge on any atom is 0.419 e. The van der Waals surface area contributed by atoms with Gasteiger partial charge >= 0.3 is 12.2 Å². The number of nitrogens with zero attached hydrogens (tertiary/aromatic N) is 2. The molecule has 140 valence electrons. The molecule has 0 unspecified atom stereocenters. The number of carbonyl (C=O) groups is 2. The minimum atomic E-state index is -0.766. The molecule has 25 heavy (non-hydrogen) atoms. The Morgan fingerprint density at radius 3 is 2.00 bits per heavy atom. The lowest BCUT2D eigenvalue weighted by Crippen LogP contribution is -2.44. The van der Waals surface area contributed by atoms with Gasteiger partial charge in [0.15, 0.2) is 0 Å². The highest BCUT2D eigenvalue weighted by atomic mass is 79.9. The number of aromatic nitrogens is 1. The maximum absolute atomic E-state index is 12.4. The smallest absolute Gasteiger partial charge is 0.419 e. The van der Waals surface area contributed by atoms with Gasteiger partial charge in [-0.2, -0.15) is 0 Å². The normalized spacial score (nSPS) is 11.8. The van der Waals surface area contributed by atoms with Crippen LogP contribution in [0.4, 0.5) is 9.59 Å². The third kappa shape index (κ3) is 7.61. The molecule has 1 aromatic heterocycles. The van der Waals surface area contributed by atoms with Gasteiger partial charge < -0.3 is 9.47 Å². The van der Waals surface area contributed by atoms with Crippen LogP contribution in [-0.2, 0) is 15.9 Å². The largest absolute Gasteiger partial charge is 0.443 e. The zero-order valence-corrected chi connectivity index (χ0v) is 17.7. The summed E-state index contributed by atoms with van der Waals surface area (Å²) in [5.74, 6) is 0. The number of hydrogen-bond donors (Lipinski definition) is 0. The molecule has 0 radical (unpaired) electrons. The minimum Gasteiger partial charge on any atom is -0.443 e. The predicted octanol–water partition coefficient (Wildman–Crippen LogP) is 5.21. The fourth-order valence-corrected chi connectivity index (χ4v) is 2.65. The Balaban J connectivity index is 2.98. The number of amides is 2. The lowest BCUT2D eigenvalue weighted by Gasteiger charge is -2.28. The number of hydrogen-bond acceptors (Lipinski definition) is 5. The van der Waals surface area contributed by atoms with Crippen molar-refractivity contribution in [3.05, 3.63) is 27.5 Å². The molecule has 0 N–H and O–H groups in total. The molecule has 0 aromatic carbocycles. The van der Waals surface area contributed by atoms with Crippen molar-refractivity contribution in [2.45, 2.75) is 59.2 Å². The standard InChI is InChI=1S/C17H24BrClN2O4/c1-16(2,3)24-14(22)21(15(23)25-17(4,5)6)10-8-11-12(18)7-9-20-13(11)19/h7,9H,8,10H2,1-6H3. The summed E-state index contributed by atoms with van der Waals surface area (Å²) in [6.45, 7) is 10.4. The molecular formula is C17H24BrClN2O4. The highest BCUT2D eigenvalue weighted by molar-refractivity contribution is 9.10. The van der Waals surface area contributed by atoms with E-state index in [1.54, 1.807) is 53.8 Å². The molecule has 1 heterocycles. The Morgan fingerprint density at radius 2 is 1.60 bits per heavy atom. The van der Waals surface area contributed by atoms with Crippen molar-refractivity contribution >= 4 is 39.7 Å². The summed E-state index contributed by atoms with van der Waals surface area (Å²) >= 11 is 9.49. The van der Waals surface area contributed by atoms with Gasteiger partial charge in [-0.15, -0.1) is 0 Å². The Bertz CT molecular complexity index is 590. The molecule has 0 fully saturated rings. The zero-order valence-electron chi connectivity index (χ0n) is 15.4. The molecule has 0 aliphatic carbocycles. The average Bonchev–Trinajstić information content (AvgIpc) is 2.37. The molecule has 0 saturated heterocycles. The van der Waals surface area contributed by atoms with E-state index in [0.717, 1.165) is 9.37 Å². The van der Waals surface area contributed by atoms with Gasteiger partial charge in [0, 0.05) is 22.8 Å². The quantitative estimate of drug-likeness (QED) is 0.609. The van der Waals surface area contributed by atoms with Crippen molar-refractivity contribution in [3.8, 4) is 0 Å². The summed E-state index contributed by atoms with van der Waals surface area (Å²) in [4.78, 5) is 29.8. The molecule has 1 aromatic rings. The van der Waals surface area contributed by atoms with Gasteiger partial charge in [-0.05, 0) is 54.0 Å². The first-order valence-corrected chi connectivity index (χ1v) is 8.99. The molecule has 0 bridgehead atoms. The van der Waals surface area contributed by atoms with Gasteiger partial charge in [0.05, 0.1) is 0 Å². The number of halogens is 2. The SMILES string of the molecule is CC(C)(C)OC(=O)N(CCc1c(Br)ccnc1Cl)C(=O)OC(C)(C)C. The molecular weight excluding hydrogens is 412 g/mol. The van der Waals surface area contributed by atoms with Gasteiger partial charge in [0.25, 0.3) is 0 Å². The van der Waals surface area contributed by atoms with E-state index in [1.165, 1.54) is 0 Å². The summed E-state index contributed by atoms with van der Waals surface area (Å²) in [7, 11) is 0. The molecule has 0 atom stereocenters. The Labute approximate surface area is 162 Å². The van der Waals surface area contributed by atoms with Crippen molar-refractivity contribution in [1.82, 2.24) is 9.88 Å². The molecule has 8 heteroatoms. The second-order valence-corrected chi connectivity index (χ2v) is 8.64. The highest BCUT2D eigenvalue weighted by Gasteiger charge is 2.31. The first-order chi connectivity index (χ1) is 11.3. The number of pyridine rings is 1. The van der Waals surface area contributed by atoms with E-state index in [9.17, 15) is 9.59 Å². The number of carbonyl (C=O) groups excluding carboxylic acids is 2. The van der Waals surface area contributed by atoms with Gasteiger partial charge in [-0.1, -0.05) is 27.5 Å². The monoisotopic (exact) mass is 434 g/mol. The van der Waals surface area contributed by atoms with Gasteiger partial charge in [-0.3, -0.25) is 0 Å². The number of rotatable bonds is 3. The van der Waals surface area contributed by atoms with E-state index in [0.29, 0.717) is 17.1 Å². The topological polar surface area (TPSA) is 68.7 Å². The molecule has 0 aliphatic rings. The molecule has 1 rings (SSSR count). The van der Waals surface area contributed by atoms with E-state index in [4.69, 9.17) is 21.1 Å². The molecule has 6 nitrogen and oxygen atoms in total. The summed E-state index contributed by atoms with van der Waals surface area (Å²) in [5.41, 5.74) is -0.769. The third-order valence-electron chi connectivity index (χ3n) is 2.76. The third-order valence-corrected chi connectivity index (χ3v) is 3.83. The molecule has 0 aliphatic heterocycles. The minimum absolute atomic E-state index is 0.0494. The van der Waals surface area contributed by atoms with E-state index in [1.807, 2.05) is 0 Å². The van der Waals surface area contributed by atoms with E-state index in [2.05, 4.69) is 20.9 Å². The lowest BCUT2D eigenvalue weighted by atomic mass is 10.2. The Morgan fingerprint density at radius 1 is 1.12 bits per heavy atom. The van der Waals surface area contributed by atoms with Gasteiger partial charge in [0.1, 0.15) is 16.4 Å². The highest BCUT2D eigenvalue weighted by Crippen LogP contribution is 2.24. The summed E-state index contributed by atoms with van der Waals surface area (Å²) < 4.78 is 11.4. The number of ether oxygens (including phenoxy) is 2. The van der Waals surface area contributed by atoms with E-state index in [-0.39, 0.29) is 6.54 Å². The summed E-state index contributed by atoms with van der Waals surface area (Å²) in [5, 5.41) is 0.308. The van der Waals surface area contributed by atoms with Crippen LogP contribution in [0.25, 0.3) is 0 Å². The Kier molecular flexibility index (Phi) is 7.26. The second-order valence-electron chi connectivity index (χ2n) is 7.42. The lowest BCUT2D eigenvalue weighted by molar-refractivity contribution is 0.00170. The van der Waals surface area contributed by atoms with Gasteiger partial charge in [0.2, 0.25) is 0 Å². The fraction of sp³-hybridized carbons (Fsp3) is 0.588. The molecule has 2 amide bonds. The summed E-state index contributed by atoms with van der Waals surface area (Å²) in [6, 6.07) is 1.74. The zero-order chi connectivity index (χ0) is 19.4. The first kappa shape index (κ1) is 21.7. The number of imide groups is 1. The van der Waals surface area contributed by atoms with Crippen molar-refractivity contribution in [3.63, 3.8) is 0 Å². The van der Waals surface area contributed by atoms with Crippen LogP contribution in [0.5, 0.6) is 0 Å². The van der Waals surface area contributed by atoms with Crippen LogP contribution < -0.4 is 0 Å². The molecule has 0 spiro atoms. The predicted molar refractivity (Wildman–Crippen MR) is 99.8 cm³/mol. The van der Waals surface area contributed by atoms with Crippen molar-refractivity contribution < 1.29 is 19.1 Å². The van der Waals surface area contributed by atoms with Crippen molar-refractivity contribution in [2.24, 2.45) is 0 Å². The van der Waals surface area contributed by atoms with E-state index < -0.39 is 23.4 Å². The van der Waals surface area contributed by atoms with Crippen molar-refractivity contribution in [2.75, 3.05) is 6.54 Å². The van der Waals surface area contributed by atoms with Crippen LogP contribution >= 0.6 is 27.5 Å². The second kappa shape index (κ2) is 8.36. The molecule has 0 saturated carbocycles.